The van der Waals surface area contributed by atoms with Gasteiger partial charge in [-0.05, 0) is 48.0 Å². The monoisotopic (exact) mass is 388 g/mol. The second kappa shape index (κ2) is 6.64. The van der Waals surface area contributed by atoms with Gasteiger partial charge in [-0.3, -0.25) is 4.79 Å². The first kappa shape index (κ1) is 16.1. The summed E-state index contributed by atoms with van der Waals surface area (Å²) in [7, 11) is 0. The van der Waals surface area contributed by atoms with Crippen LogP contribution in [0.15, 0.2) is 22.7 Å². The molecule has 0 fully saturated rings. The Kier molecular flexibility index (Phi) is 5.08. The summed E-state index contributed by atoms with van der Waals surface area (Å²) in [4.78, 5) is 16.7. The first-order chi connectivity index (χ1) is 9.86. The van der Waals surface area contributed by atoms with Crippen molar-refractivity contribution in [1.29, 1.82) is 0 Å². The maximum atomic E-state index is 12.2. The number of rotatable bonds is 4. The number of aromatic nitrogens is 1. The number of hydrogen-bond donors (Lipinski definition) is 3. The fourth-order valence-corrected chi connectivity index (χ4v) is 2.92. The van der Waals surface area contributed by atoms with Crippen LogP contribution in [-0.2, 0) is 0 Å². The Morgan fingerprint density at radius 1 is 1.48 bits per heavy atom. The van der Waals surface area contributed by atoms with Crippen LogP contribution in [0.5, 0.6) is 0 Å². The largest absolute Gasteiger partial charge is 0.382 e. The summed E-state index contributed by atoms with van der Waals surface area (Å²) >= 11 is 10.5. The predicted octanol–water partition coefficient (Wildman–Crippen LogP) is 4.21. The van der Waals surface area contributed by atoms with Crippen LogP contribution in [0.25, 0.3) is 0 Å². The number of thiazole rings is 1. The third-order valence-electron chi connectivity index (χ3n) is 2.45. The van der Waals surface area contributed by atoms with Crippen molar-refractivity contribution in [3.63, 3.8) is 0 Å². The van der Waals surface area contributed by atoms with E-state index >= 15 is 0 Å². The van der Waals surface area contributed by atoms with Crippen LogP contribution in [-0.4, -0.2) is 16.9 Å². The summed E-state index contributed by atoms with van der Waals surface area (Å²) in [6.45, 7) is 3.97. The number of anilines is 3. The molecule has 2 rings (SSSR count). The second-order valence-corrected chi connectivity index (χ2v) is 6.88. The van der Waals surface area contributed by atoms with Crippen molar-refractivity contribution >= 4 is 61.4 Å². The minimum atomic E-state index is -0.305. The average molecular weight is 390 g/mol. The van der Waals surface area contributed by atoms with Gasteiger partial charge in [-0.15, -0.1) is 0 Å². The Labute approximate surface area is 140 Å². The zero-order valence-electron chi connectivity index (χ0n) is 11.4. The Hall–Kier alpha value is -1.31. The molecule has 0 unspecified atom stereocenters. The normalized spacial score (nSPS) is 10.7. The minimum Gasteiger partial charge on any atom is -0.382 e. The molecule has 0 radical (unpaired) electrons. The van der Waals surface area contributed by atoms with Crippen LogP contribution in [0, 0.1) is 0 Å². The van der Waals surface area contributed by atoms with E-state index in [2.05, 4.69) is 31.5 Å². The lowest BCUT2D eigenvalue weighted by atomic mass is 10.3. The number of halogens is 2. The third kappa shape index (κ3) is 4.09. The highest BCUT2D eigenvalue weighted by molar-refractivity contribution is 9.10. The van der Waals surface area contributed by atoms with Crippen LogP contribution in [0.2, 0.25) is 5.02 Å². The lowest BCUT2D eigenvalue weighted by molar-refractivity contribution is 0.103. The van der Waals surface area contributed by atoms with Crippen LogP contribution >= 0.6 is 38.9 Å². The molecule has 0 atom stereocenters. The summed E-state index contributed by atoms with van der Waals surface area (Å²) in [5, 5.41) is 7.02. The molecule has 112 valence electrons. The fourth-order valence-electron chi connectivity index (χ4n) is 1.57. The number of amides is 1. The van der Waals surface area contributed by atoms with Crippen LogP contribution in [0.1, 0.15) is 23.5 Å². The molecule has 1 amide bonds. The topological polar surface area (TPSA) is 80.0 Å². The highest BCUT2D eigenvalue weighted by Crippen LogP contribution is 2.28. The van der Waals surface area contributed by atoms with Crippen molar-refractivity contribution in [2.75, 3.05) is 16.4 Å². The van der Waals surface area contributed by atoms with Crippen LogP contribution in [0.4, 0.5) is 16.6 Å². The lowest BCUT2D eigenvalue weighted by Gasteiger charge is -2.05. The highest BCUT2D eigenvalue weighted by Gasteiger charge is 2.17. The molecule has 0 bridgehead atoms. The van der Waals surface area contributed by atoms with E-state index in [4.69, 9.17) is 17.3 Å². The fraction of sp³-hybridized carbons (Fsp3) is 0.231. The van der Waals surface area contributed by atoms with Gasteiger partial charge >= 0.3 is 0 Å². The molecule has 0 spiro atoms. The van der Waals surface area contributed by atoms with Crippen LogP contribution < -0.4 is 16.4 Å². The van der Waals surface area contributed by atoms with E-state index in [1.54, 1.807) is 18.2 Å². The average Bonchev–Trinajstić information content (AvgIpc) is 2.74. The third-order valence-corrected chi connectivity index (χ3v) is 4.68. The quantitative estimate of drug-likeness (QED) is 0.731. The van der Waals surface area contributed by atoms with Gasteiger partial charge in [0.15, 0.2) is 5.13 Å². The van der Waals surface area contributed by atoms with Gasteiger partial charge in [0, 0.05) is 16.2 Å². The van der Waals surface area contributed by atoms with Crippen molar-refractivity contribution in [3.05, 3.63) is 32.6 Å². The molecule has 0 aliphatic carbocycles. The molecule has 0 saturated heterocycles. The van der Waals surface area contributed by atoms with Gasteiger partial charge in [-0.25, -0.2) is 4.98 Å². The Morgan fingerprint density at radius 3 is 2.81 bits per heavy atom. The number of nitrogens with zero attached hydrogens (tertiary/aromatic N) is 1. The minimum absolute atomic E-state index is 0.212. The van der Waals surface area contributed by atoms with E-state index in [1.807, 2.05) is 13.8 Å². The van der Waals surface area contributed by atoms with Crippen molar-refractivity contribution in [2.24, 2.45) is 0 Å². The molecule has 0 aliphatic rings. The second-order valence-electron chi connectivity index (χ2n) is 4.62. The van der Waals surface area contributed by atoms with E-state index in [1.165, 1.54) is 11.3 Å². The van der Waals surface area contributed by atoms with E-state index < -0.39 is 0 Å². The van der Waals surface area contributed by atoms with E-state index in [9.17, 15) is 4.79 Å². The van der Waals surface area contributed by atoms with Gasteiger partial charge < -0.3 is 16.4 Å². The summed E-state index contributed by atoms with van der Waals surface area (Å²) in [5.41, 5.74) is 6.39. The van der Waals surface area contributed by atoms with Crippen LogP contribution in [0.3, 0.4) is 0 Å². The summed E-state index contributed by atoms with van der Waals surface area (Å²) in [5.74, 6) is -0.0935. The lowest BCUT2D eigenvalue weighted by Crippen LogP contribution is -2.12. The van der Waals surface area contributed by atoms with Crippen molar-refractivity contribution in [2.45, 2.75) is 19.9 Å². The number of nitrogens with one attached hydrogen (secondary N) is 2. The molecule has 0 aliphatic heterocycles. The van der Waals surface area contributed by atoms with E-state index in [0.29, 0.717) is 20.7 Å². The molecule has 8 heteroatoms. The molecule has 1 aromatic carbocycles. The van der Waals surface area contributed by atoms with Gasteiger partial charge in [0.05, 0.1) is 5.02 Å². The molecule has 4 N–H and O–H groups in total. The molecular weight excluding hydrogens is 376 g/mol. The first-order valence-electron chi connectivity index (χ1n) is 6.16. The molecule has 5 nitrogen and oxygen atoms in total. The molecule has 0 saturated carbocycles. The number of hydrogen-bond acceptors (Lipinski definition) is 5. The number of benzene rings is 1. The Morgan fingerprint density at radius 2 is 2.19 bits per heavy atom. The summed E-state index contributed by atoms with van der Waals surface area (Å²) < 4.78 is 0.767. The van der Waals surface area contributed by atoms with Crippen molar-refractivity contribution in [3.8, 4) is 0 Å². The van der Waals surface area contributed by atoms with Gasteiger partial charge in [0.25, 0.3) is 5.91 Å². The van der Waals surface area contributed by atoms with Gasteiger partial charge in [-0.1, -0.05) is 22.9 Å². The standard InChI is InChI=1S/C13H14BrClN4OS/c1-6(2)17-13-19-11(16)10(21-13)12(20)18-7-3-4-8(14)9(15)5-7/h3-6H,16H2,1-2H3,(H,17,19)(H,18,20). The summed E-state index contributed by atoms with van der Waals surface area (Å²) in [6, 6.07) is 5.39. The molecule has 21 heavy (non-hydrogen) atoms. The van der Waals surface area contributed by atoms with E-state index in [-0.39, 0.29) is 17.8 Å². The zero-order valence-corrected chi connectivity index (χ0v) is 14.6. The predicted molar refractivity (Wildman–Crippen MR) is 92.4 cm³/mol. The Balaban J connectivity index is 2.16. The van der Waals surface area contributed by atoms with E-state index in [0.717, 1.165) is 4.47 Å². The van der Waals surface area contributed by atoms with Gasteiger partial charge in [-0.2, -0.15) is 0 Å². The maximum absolute atomic E-state index is 12.2. The smallest absolute Gasteiger partial charge is 0.269 e. The first-order valence-corrected chi connectivity index (χ1v) is 8.15. The number of carbonyl (C=O) groups is 1. The zero-order chi connectivity index (χ0) is 15.6. The number of nitrogen functional groups attached to an aromatic ring is 1. The highest BCUT2D eigenvalue weighted by atomic mass is 79.9. The number of nitrogens with two attached hydrogens (primary N) is 1. The maximum Gasteiger partial charge on any atom is 0.269 e. The molecule has 2 aromatic rings. The van der Waals surface area contributed by atoms with Gasteiger partial charge in [0.1, 0.15) is 10.7 Å². The van der Waals surface area contributed by atoms with Crippen molar-refractivity contribution < 1.29 is 4.79 Å². The molecule has 1 heterocycles. The van der Waals surface area contributed by atoms with Gasteiger partial charge in [0.2, 0.25) is 0 Å². The molecular formula is C13H14BrClN4OS. The number of carbonyl (C=O) groups excluding carboxylic acids is 1. The molecule has 1 aromatic heterocycles. The summed E-state index contributed by atoms with van der Waals surface area (Å²) in [6.07, 6.45) is 0. The SMILES string of the molecule is CC(C)Nc1nc(N)c(C(=O)Nc2ccc(Br)c(Cl)c2)s1. The Bertz CT molecular complexity index is 674. The van der Waals surface area contributed by atoms with Crippen molar-refractivity contribution in [1.82, 2.24) is 4.98 Å².